The number of benzene rings is 3. The first-order chi connectivity index (χ1) is 25.2. The summed E-state index contributed by atoms with van der Waals surface area (Å²) in [6, 6.07) is 15.6. The van der Waals surface area contributed by atoms with Crippen molar-refractivity contribution < 1.29 is 39.3 Å². The molecule has 0 bridgehead atoms. The van der Waals surface area contributed by atoms with Crippen molar-refractivity contribution >= 4 is 29.6 Å². The molecule has 286 valence electrons. The van der Waals surface area contributed by atoms with E-state index < -0.39 is 65.7 Å². The van der Waals surface area contributed by atoms with Crippen LogP contribution in [-0.4, -0.2) is 93.6 Å². The van der Waals surface area contributed by atoms with Gasteiger partial charge in [0, 0.05) is 19.9 Å². The number of nitrogens with zero attached hydrogens (tertiary/aromatic N) is 1. The number of likely N-dealkylation sites (N-methyl/N-ethyl adjacent to an activating group) is 1. The lowest BCUT2D eigenvalue weighted by molar-refractivity contribution is -0.142. The molecule has 14 heteroatoms. The van der Waals surface area contributed by atoms with Crippen molar-refractivity contribution in [1.29, 1.82) is 0 Å². The third kappa shape index (κ3) is 13.2. The van der Waals surface area contributed by atoms with E-state index in [2.05, 4.69) is 16.0 Å². The number of amides is 4. The average molecular weight is 733 g/mol. The van der Waals surface area contributed by atoms with Crippen LogP contribution in [-0.2, 0) is 43.2 Å². The van der Waals surface area contributed by atoms with Gasteiger partial charge in [-0.2, -0.15) is 0 Å². The second kappa shape index (κ2) is 20.5. The number of carbonyl (C=O) groups is 5. The van der Waals surface area contributed by atoms with Gasteiger partial charge in [0.15, 0.2) is 0 Å². The van der Waals surface area contributed by atoms with Gasteiger partial charge in [-0.1, -0.05) is 68.4 Å². The molecule has 4 amide bonds. The van der Waals surface area contributed by atoms with Crippen molar-refractivity contribution in [3.05, 3.63) is 95.6 Å². The molecule has 0 fully saturated rings. The van der Waals surface area contributed by atoms with Crippen molar-refractivity contribution in [3.8, 4) is 11.5 Å². The molecular formula is C39H52N6O8. The van der Waals surface area contributed by atoms with Crippen LogP contribution < -0.4 is 27.4 Å². The maximum Gasteiger partial charge on any atom is 0.326 e. The molecule has 0 aliphatic carbocycles. The van der Waals surface area contributed by atoms with E-state index in [1.165, 1.54) is 36.2 Å². The fourth-order valence-electron chi connectivity index (χ4n) is 5.78. The molecule has 14 nitrogen and oxygen atoms in total. The summed E-state index contributed by atoms with van der Waals surface area (Å²) >= 11 is 0. The topological polar surface area (TPSA) is 237 Å². The second-order valence-corrected chi connectivity index (χ2v) is 13.5. The number of nitrogens with two attached hydrogens (primary N) is 2. The summed E-state index contributed by atoms with van der Waals surface area (Å²) in [6.45, 7) is 3.77. The summed E-state index contributed by atoms with van der Waals surface area (Å²) in [6.07, 6.45) is 1.37. The third-order valence-electron chi connectivity index (χ3n) is 8.92. The first-order valence-electron chi connectivity index (χ1n) is 17.7. The number of carboxylic acid groups (broad SMARTS) is 1. The van der Waals surface area contributed by atoms with Crippen molar-refractivity contribution in [2.45, 2.75) is 82.6 Å². The van der Waals surface area contributed by atoms with E-state index in [1.807, 2.05) is 30.3 Å². The zero-order valence-electron chi connectivity index (χ0n) is 30.4. The highest BCUT2D eigenvalue weighted by Crippen LogP contribution is 2.17. The Bertz CT molecular complexity index is 1650. The normalized spacial score (nSPS) is 13.9. The lowest BCUT2D eigenvalue weighted by Gasteiger charge is -2.32. The van der Waals surface area contributed by atoms with Crippen molar-refractivity contribution in [2.75, 3.05) is 13.6 Å². The molecule has 0 radical (unpaired) electrons. The first kappa shape index (κ1) is 41.9. The number of phenolic OH excluding ortho intramolecular Hbond substituents is 2. The first-order valence-corrected chi connectivity index (χ1v) is 17.7. The number of nitrogens with one attached hydrogen (secondary N) is 3. The van der Waals surface area contributed by atoms with Gasteiger partial charge in [0.05, 0.1) is 6.04 Å². The van der Waals surface area contributed by atoms with Crippen LogP contribution in [0.3, 0.4) is 0 Å². The number of carbonyl (C=O) groups excluding carboxylic acids is 4. The molecule has 10 N–H and O–H groups in total. The molecular weight excluding hydrogens is 680 g/mol. The minimum atomic E-state index is -1.26. The Morgan fingerprint density at radius 3 is 1.74 bits per heavy atom. The number of carboxylic acids is 1. The van der Waals surface area contributed by atoms with E-state index in [1.54, 1.807) is 38.1 Å². The van der Waals surface area contributed by atoms with Crippen molar-refractivity contribution in [3.63, 3.8) is 0 Å². The number of unbranched alkanes of at least 4 members (excludes halogenated alkanes) is 1. The monoisotopic (exact) mass is 732 g/mol. The van der Waals surface area contributed by atoms with Crippen LogP contribution >= 0.6 is 0 Å². The maximum absolute atomic E-state index is 14.1. The lowest BCUT2D eigenvalue weighted by Crippen LogP contribution is -2.60. The predicted octanol–water partition coefficient (Wildman–Crippen LogP) is 1.60. The summed E-state index contributed by atoms with van der Waals surface area (Å²) in [4.78, 5) is 68.5. The number of aliphatic carboxylic acids is 1. The Morgan fingerprint density at radius 2 is 1.21 bits per heavy atom. The van der Waals surface area contributed by atoms with Gasteiger partial charge in [-0.05, 0) is 79.1 Å². The standard InChI is InChI=1S/C39H52N6O8/c1-24(2)34(37(50)43-32(22-26-12-16-28(46)17-13-26)35(48)42-31(39(52)53)11-7-8-20-40)44-36(49)33(23-27-14-18-29(47)19-15-27)45(3)38(51)30(41)21-25-9-5-4-6-10-25/h4-6,9-10,12-19,24,30-34,46-47H,7-8,11,20-23,40-41H2,1-3H3,(H,42,48)(H,43,50)(H,44,49)(H,52,53)/t30-,31-,32-,33-,34-/m0/s1. The highest BCUT2D eigenvalue weighted by molar-refractivity contribution is 5.95. The van der Waals surface area contributed by atoms with Crippen LogP contribution in [0, 0.1) is 5.92 Å². The molecule has 0 heterocycles. The summed E-state index contributed by atoms with van der Waals surface area (Å²) in [5.74, 6) is -4.31. The molecule has 5 atom stereocenters. The van der Waals surface area contributed by atoms with Crippen LogP contribution in [0.1, 0.15) is 49.8 Å². The van der Waals surface area contributed by atoms with Gasteiger partial charge in [-0.15, -0.1) is 0 Å². The Labute approximate surface area is 309 Å². The zero-order valence-corrected chi connectivity index (χ0v) is 30.4. The summed E-state index contributed by atoms with van der Waals surface area (Å²) in [5.41, 5.74) is 13.9. The van der Waals surface area contributed by atoms with Gasteiger partial charge in [-0.25, -0.2) is 4.79 Å². The maximum atomic E-state index is 14.1. The molecule has 3 rings (SSSR count). The molecule has 0 saturated heterocycles. The van der Waals surface area contributed by atoms with Gasteiger partial charge < -0.3 is 47.6 Å². The predicted molar refractivity (Wildman–Crippen MR) is 199 cm³/mol. The molecule has 0 aliphatic rings. The van der Waals surface area contributed by atoms with Crippen LogP contribution in [0.25, 0.3) is 0 Å². The van der Waals surface area contributed by atoms with Gasteiger partial charge in [0.25, 0.3) is 0 Å². The van der Waals surface area contributed by atoms with Crippen LogP contribution in [0.5, 0.6) is 11.5 Å². The van der Waals surface area contributed by atoms with Gasteiger partial charge >= 0.3 is 5.97 Å². The molecule has 0 aromatic heterocycles. The summed E-state index contributed by atoms with van der Waals surface area (Å²) in [7, 11) is 1.47. The minimum Gasteiger partial charge on any atom is -0.508 e. The van der Waals surface area contributed by atoms with E-state index in [-0.39, 0.29) is 37.2 Å². The molecule has 3 aromatic rings. The van der Waals surface area contributed by atoms with Gasteiger partial charge in [0.1, 0.15) is 35.7 Å². The largest absolute Gasteiger partial charge is 0.508 e. The molecule has 53 heavy (non-hydrogen) atoms. The number of rotatable bonds is 20. The molecule has 3 aromatic carbocycles. The van der Waals surface area contributed by atoms with E-state index >= 15 is 0 Å². The second-order valence-electron chi connectivity index (χ2n) is 13.5. The van der Waals surface area contributed by atoms with Gasteiger partial charge in [-0.3, -0.25) is 19.2 Å². The molecule has 0 saturated carbocycles. The Kier molecular flexibility index (Phi) is 16.3. The van der Waals surface area contributed by atoms with Crippen LogP contribution in [0.2, 0.25) is 0 Å². The molecule has 0 aliphatic heterocycles. The minimum absolute atomic E-state index is 0.00135. The third-order valence-corrected chi connectivity index (χ3v) is 8.92. The Hall–Kier alpha value is -5.47. The Balaban J connectivity index is 1.87. The summed E-state index contributed by atoms with van der Waals surface area (Å²) < 4.78 is 0. The lowest BCUT2D eigenvalue weighted by atomic mass is 9.98. The highest BCUT2D eigenvalue weighted by atomic mass is 16.4. The highest BCUT2D eigenvalue weighted by Gasteiger charge is 2.35. The van der Waals surface area contributed by atoms with Crippen LogP contribution in [0.15, 0.2) is 78.9 Å². The van der Waals surface area contributed by atoms with E-state index in [0.717, 1.165) is 5.56 Å². The average Bonchev–Trinajstić information content (AvgIpc) is 3.13. The zero-order chi connectivity index (χ0) is 39.1. The Morgan fingerprint density at radius 1 is 0.679 bits per heavy atom. The number of hydrogen-bond donors (Lipinski definition) is 8. The molecule has 0 unspecified atom stereocenters. The fourth-order valence-corrected chi connectivity index (χ4v) is 5.78. The van der Waals surface area contributed by atoms with Crippen LogP contribution in [0.4, 0.5) is 0 Å². The smallest absolute Gasteiger partial charge is 0.326 e. The SMILES string of the molecule is CC(C)[C@H](NC(=O)[C@H](Cc1ccc(O)cc1)N(C)C(=O)[C@@H](N)Cc1ccccc1)C(=O)N[C@@H](Cc1ccc(O)cc1)C(=O)N[C@@H](CCCCN)C(=O)O. The van der Waals surface area contributed by atoms with Crippen molar-refractivity contribution in [2.24, 2.45) is 17.4 Å². The summed E-state index contributed by atoms with van der Waals surface area (Å²) in [5, 5.41) is 37.3. The van der Waals surface area contributed by atoms with E-state index in [0.29, 0.717) is 30.5 Å². The molecule has 0 spiro atoms. The van der Waals surface area contributed by atoms with E-state index in [4.69, 9.17) is 11.5 Å². The fraction of sp³-hybridized carbons (Fsp3) is 0.410. The van der Waals surface area contributed by atoms with Crippen molar-refractivity contribution in [1.82, 2.24) is 20.9 Å². The quantitative estimate of drug-likeness (QED) is 0.0781. The number of phenols is 2. The number of aromatic hydroxyl groups is 2. The van der Waals surface area contributed by atoms with Gasteiger partial charge in [0.2, 0.25) is 23.6 Å². The number of hydrogen-bond acceptors (Lipinski definition) is 9. The van der Waals surface area contributed by atoms with E-state index in [9.17, 15) is 39.3 Å².